The van der Waals surface area contributed by atoms with E-state index in [0.29, 0.717) is 40.6 Å². The van der Waals surface area contributed by atoms with E-state index in [2.05, 4.69) is 34.8 Å². The van der Waals surface area contributed by atoms with Gasteiger partial charge in [-0.1, -0.05) is 31.2 Å². The Kier molecular flexibility index (Phi) is 7.97. The molecule has 37 heavy (non-hydrogen) atoms. The molecule has 10 heteroatoms. The lowest BCUT2D eigenvalue weighted by atomic mass is 10.1. The first-order valence-electron chi connectivity index (χ1n) is 12.1. The first-order valence-corrected chi connectivity index (χ1v) is 12.1. The zero-order valence-electron chi connectivity index (χ0n) is 21.0. The highest BCUT2D eigenvalue weighted by Crippen LogP contribution is 2.30. The van der Waals surface area contributed by atoms with E-state index in [1.165, 1.54) is 22.8 Å². The van der Waals surface area contributed by atoms with Gasteiger partial charge < -0.3 is 15.1 Å². The van der Waals surface area contributed by atoms with Crippen molar-refractivity contribution in [1.29, 1.82) is 0 Å². The zero-order valence-corrected chi connectivity index (χ0v) is 21.0. The maximum atomic E-state index is 13.9. The van der Waals surface area contributed by atoms with Crippen LogP contribution >= 0.6 is 0 Å². The molecule has 4 rings (SSSR count). The van der Waals surface area contributed by atoms with Gasteiger partial charge in [-0.2, -0.15) is 0 Å². The molecule has 0 bridgehead atoms. The van der Waals surface area contributed by atoms with E-state index in [1.54, 1.807) is 36.4 Å². The van der Waals surface area contributed by atoms with Gasteiger partial charge in [0.2, 0.25) is 11.8 Å². The number of nitrogens with zero attached hydrogens (tertiary/aromatic N) is 4. The molecule has 1 atom stereocenters. The van der Waals surface area contributed by atoms with Crippen molar-refractivity contribution in [2.75, 3.05) is 16.8 Å². The molecule has 0 saturated heterocycles. The SMILES string of the molecule is CC(=O)Nc1ccc(N(C(=O)Cn2nnc3ccccc32)[C@H](C(=O)NCCC(C)C)c2ccco2)cc1. The lowest BCUT2D eigenvalue weighted by molar-refractivity contribution is -0.127. The largest absolute Gasteiger partial charge is 0.467 e. The molecule has 10 nitrogen and oxygen atoms in total. The second-order valence-electron chi connectivity index (χ2n) is 9.12. The molecule has 0 radical (unpaired) electrons. The number of para-hydroxylation sites is 1. The van der Waals surface area contributed by atoms with Crippen LogP contribution in [0.3, 0.4) is 0 Å². The van der Waals surface area contributed by atoms with E-state index < -0.39 is 6.04 Å². The fraction of sp³-hybridized carbons (Fsp3) is 0.296. The van der Waals surface area contributed by atoms with Gasteiger partial charge in [-0.15, -0.1) is 5.10 Å². The third-order valence-electron chi connectivity index (χ3n) is 5.78. The highest BCUT2D eigenvalue weighted by molar-refractivity contribution is 6.01. The number of amides is 3. The molecule has 0 aliphatic heterocycles. The second kappa shape index (κ2) is 11.5. The number of carbonyl (C=O) groups is 3. The van der Waals surface area contributed by atoms with Crippen LogP contribution in [0, 0.1) is 5.92 Å². The summed E-state index contributed by atoms with van der Waals surface area (Å²) in [7, 11) is 0. The van der Waals surface area contributed by atoms with Crippen LogP contribution in [0.4, 0.5) is 11.4 Å². The highest BCUT2D eigenvalue weighted by atomic mass is 16.3. The Bertz CT molecular complexity index is 1360. The number of hydrogen-bond donors (Lipinski definition) is 2. The minimum atomic E-state index is -1.06. The monoisotopic (exact) mass is 502 g/mol. The zero-order chi connectivity index (χ0) is 26.4. The Morgan fingerprint density at radius 3 is 2.46 bits per heavy atom. The van der Waals surface area contributed by atoms with Gasteiger partial charge in [0.25, 0.3) is 5.91 Å². The maximum absolute atomic E-state index is 13.9. The van der Waals surface area contributed by atoms with Gasteiger partial charge in [0.05, 0.1) is 11.8 Å². The lowest BCUT2D eigenvalue weighted by Gasteiger charge is -2.30. The molecule has 2 heterocycles. The molecular weight excluding hydrogens is 472 g/mol. The molecule has 2 aromatic carbocycles. The van der Waals surface area contributed by atoms with E-state index in [1.807, 2.05) is 24.3 Å². The molecule has 4 aromatic rings. The summed E-state index contributed by atoms with van der Waals surface area (Å²) in [5, 5.41) is 13.9. The first-order chi connectivity index (χ1) is 17.8. The summed E-state index contributed by atoms with van der Waals surface area (Å²) in [4.78, 5) is 40.3. The standard InChI is InChI=1S/C27H30N6O4/c1-18(2)14-15-28-27(36)26(24-9-6-16-37-24)33(21-12-10-20(11-13-21)29-19(3)34)25(35)17-32-23-8-5-4-7-22(23)30-31-32/h4-13,16,18,26H,14-15,17H2,1-3H3,(H,28,36)(H,29,34)/t26-/m0/s1. The number of anilines is 2. The van der Waals surface area contributed by atoms with Crippen molar-refractivity contribution >= 4 is 40.1 Å². The van der Waals surface area contributed by atoms with Crippen molar-refractivity contribution in [2.24, 2.45) is 5.92 Å². The molecule has 0 unspecified atom stereocenters. The Morgan fingerprint density at radius 1 is 1.03 bits per heavy atom. The van der Waals surface area contributed by atoms with Crippen LogP contribution in [0.2, 0.25) is 0 Å². The number of furan rings is 1. The van der Waals surface area contributed by atoms with Crippen LogP contribution in [0.1, 0.15) is 39.0 Å². The molecular formula is C27H30N6O4. The molecule has 192 valence electrons. The van der Waals surface area contributed by atoms with Gasteiger partial charge in [0, 0.05) is 24.8 Å². The summed E-state index contributed by atoms with van der Waals surface area (Å²) in [6.07, 6.45) is 2.26. The Hall–Kier alpha value is -4.47. The van der Waals surface area contributed by atoms with E-state index in [0.717, 1.165) is 6.42 Å². The fourth-order valence-electron chi connectivity index (χ4n) is 3.99. The molecule has 0 aliphatic rings. The van der Waals surface area contributed by atoms with Crippen molar-refractivity contribution in [3.63, 3.8) is 0 Å². The van der Waals surface area contributed by atoms with E-state index >= 15 is 0 Å². The van der Waals surface area contributed by atoms with Crippen LogP contribution in [0.15, 0.2) is 71.3 Å². The van der Waals surface area contributed by atoms with Crippen molar-refractivity contribution < 1.29 is 18.8 Å². The van der Waals surface area contributed by atoms with Gasteiger partial charge in [-0.3, -0.25) is 19.3 Å². The molecule has 2 aromatic heterocycles. The summed E-state index contributed by atoms with van der Waals surface area (Å²) in [5.74, 6) is -0.231. The van der Waals surface area contributed by atoms with Crippen LogP contribution in [0.5, 0.6) is 0 Å². The Morgan fingerprint density at radius 2 is 1.78 bits per heavy atom. The highest BCUT2D eigenvalue weighted by Gasteiger charge is 2.35. The molecule has 3 amide bonds. The van der Waals surface area contributed by atoms with Crippen LogP contribution in [-0.2, 0) is 20.9 Å². The summed E-state index contributed by atoms with van der Waals surface area (Å²) in [6.45, 7) is 5.88. The van der Waals surface area contributed by atoms with Crippen molar-refractivity contribution in [3.8, 4) is 0 Å². The smallest absolute Gasteiger partial charge is 0.251 e. The average Bonchev–Trinajstić information content (AvgIpc) is 3.53. The molecule has 0 spiro atoms. The molecule has 0 aliphatic carbocycles. The van der Waals surface area contributed by atoms with Crippen LogP contribution in [-0.4, -0.2) is 39.3 Å². The predicted molar refractivity (Wildman–Crippen MR) is 140 cm³/mol. The fourth-order valence-corrected chi connectivity index (χ4v) is 3.99. The average molecular weight is 503 g/mol. The predicted octanol–water partition coefficient (Wildman–Crippen LogP) is 3.92. The number of hydrogen-bond acceptors (Lipinski definition) is 6. The van der Waals surface area contributed by atoms with Gasteiger partial charge in [0.15, 0.2) is 6.04 Å². The van der Waals surface area contributed by atoms with Gasteiger partial charge >= 0.3 is 0 Å². The maximum Gasteiger partial charge on any atom is 0.251 e. The quantitative estimate of drug-likeness (QED) is 0.339. The molecule has 0 fully saturated rings. The number of aromatic nitrogens is 3. The number of rotatable bonds is 10. The summed E-state index contributed by atoms with van der Waals surface area (Å²) in [6, 6.07) is 16.3. The lowest BCUT2D eigenvalue weighted by Crippen LogP contribution is -2.45. The van der Waals surface area contributed by atoms with E-state index in [9.17, 15) is 14.4 Å². The summed E-state index contributed by atoms with van der Waals surface area (Å²) < 4.78 is 7.14. The van der Waals surface area contributed by atoms with E-state index in [-0.39, 0.29) is 24.3 Å². The summed E-state index contributed by atoms with van der Waals surface area (Å²) >= 11 is 0. The van der Waals surface area contributed by atoms with Crippen molar-refractivity contribution in [3.05, 3.63) is 72.7 Å². The van der Waals surface area contributed by atoms with Gasteiger partial charge in [-0.05, 0) is 60.9 Å². The van der Waals surface area contributed by atoms with Crippen LogP contribution in [0.25, 0.3) is 11.0 Å². The third-order valence-corrected chi connectivity index (χ3v) is 5.78. The van der Waals surface area contributed by atoms with Gasteiger partial charge in [-0.25, -0.2) is 4.68 Å². The topological polar surface area (TPSA) is 122 Å². The van der Waals surface area contributed by atoms with Crippen molar-refractivity contribution in [2.45, 2.75) is 39.8 Å². The Balaban J connectivity index is 1.72. The van der Waals surface area contributed by atoms with Crippen molar-refractivity contribution in [1.82, 2.24) is 20.3 Å². The number of benzene rings is 2. The number of nitrogens with one attached hydrogen (secondary N) is 2. The normalized spacial score (nSPS) is 11.9. The third kappa shape index (κ3) is 6.21. The van der Waals surface area contributed by atoms with E-state index in [4.69, 9.17) is 4.42 Å². The minimum absolute atomic E-state index is 0.148. The second-order valence-corrected chi connectivity index (χ2v) is 9.12. The van der Waals surface area contributed by atoms with Gasteiger partial charge in [0.1, 0.15) is 17.8 Å². The summed E-state index contributed by atoms with van der Waals surface area (Å²) in [5.41, 5.74) is 2.40. The molecule has 2 N–H and O–H groups in total. The first kappa shape index (κ1) is 25.6. The van der Waals surface area contributed by atoms with Crippen LogP contribution < -0.4 is 15.5 Å². The molecule has 0 saturated carbocycles. The number of carbonyl (C=O) groups excluding carboxylic acids is 3. The Labute approximate surface area is 214 Å². The minimum Gasteiger partial charge on any atom is -0.467 e. The number of fused-ring (bicyclic) bond motifs is 1.